The summed E-state index contributed by atoms with van der Waals surface area (Å²) in [4.78, 5) is 16.8. The summed E-state index contributed by atoms with van der Waals surface area (Å²) in [6, 6.07) is 15.9. The van der Waals surface area contributed by atoms with Gasteiger partial charge in [-0.3, -0.25) is 4.79 Å². The van der Waals surface area contributed by atoms with Crippen molar-refractivity contribution in [3.63, 3.8) is 0 Å². The number of aryl methyl sites for hydroxylation is 2. The monoisotopic (exact) mass is 386 g/mol. The fourth-order valence-corrected chi connectivity index (χ4v) is 2.79. The third kappa shape index (κ3) is 5.09. The van der Waals surface area contributed by atoms with E-state index in [0.717, 1.165) is 11.1 Å². The molecule has 0 bridgehead atoms. The number of carbonyl (C=O) groups excluding carboxylic acids is 1. The minimum absolute atomic E-state index is 0.201. The summed E-state index contributed by atoms with van der Waals surface area (Å²) in [5.74, 6) is -0.691. The van der Waals surface area contributed by atoms with Crippen molar-refractivity contribution in [1.82, 2.24) is 4.98 Å². The van der Waals surface area contributed by atoms with Crippen molar-refractivity contribution in [3.8, 4) is 17.0 Å². The van der Waals surface area contributed by atoms with Gasteiger partial charge < -0.3 is 10.1 Å². The van der Waals surface area contributed by atoms with Gasteiger partial charge in [0.1, 0.15) is 11.4 Å². The normalized spacial score (nSPS) is 11.2. The zero-order chi connectivity index (χ0) is 20.3. The molecule has 1 N–H and O–H groups in total. The van der Waals surface area contributed by atoms with Crippen LogP contribution in [0.3, 0.4) is 0 Å². The molecule has 1 aromatic heterocycles. The molecule has 3 rings (SSSR count). The molecule has 0 fully saturated rings. The number of rotatable bonds is 4. The maximum Gasteiger partial charge on any atom is 0.573 e. The number of pyridine rings is 1. The molecule has 1 amide bonds. The molecule has 2 aromatic carbocycles. The Morgan fingerprint density at radius 2 is 1.61 bits per heavy atom. The summed E-state index contributed by atoms with van der Waals surface area (Å²) < 4.78 is 40.6. The number of ether oxygens (including phenoxy) is 1. The van der Waals surface area contributed by atoms with Crippen molar-refractivity contribution >= 4 is 11.6 Å². The maximum atomic E-state index is 12.5. The van der Waals surface area contributed by atoms with Crippen LogP contribution in [0.15, 0.2) is 60.7 Å². The second kappa shape index (κ2) is 7.72. The van der Waals surface area contributed by atoms with Crippen LogP contribution in [0, 0.1) is 13.8 Å². The zero-order valence-corrected chi connectivity index (χ0v) is 15.2. The van der Waals surface area contributed by atoms with Crippen molar-refractivity contribution in [2.45, 2.75) is 20.2 Å². The van der Waals surface area contributed by atoms with Crippen LogP contribution in [-0.4, -0.2) is 17.3 Å². The first-order chi connectivity index (χ1) is 13.2. The lowest BCUT2D eigenvalue weighted by Crippen LogP contribution is -2.17. The first kappa shape index (κ1) is 19.4. The van der Waals surface area contributed by atoms with Crippen molar-refractivity contribution in [2.75, 3.05) is 5.32 Å². The van der Waals surface area contributed by atoms with Crippen molar-refractivity contribution in [3.05, 3.63) is 77.5 Å². The Hall–Kier alpha value is -3.35. The number of benzene rings is 2. The molecule has 0 aliphatic rings. The number of alkyl halides is 3. The van der Waals surface area contributed by atoms with Gasteiger partial charge in [-0.15, -0.1) is 13.2 Å². The van der Waals surface area contributed by atoms with Gasteiger partial charge in [-0.05, 0) is 73.5 Å². The summed E-state index contributed by atoms with van der Waals surface area (Å²) in [5.41, 5.74) is 3.95. The van der Waals surface area contributed by atoms with E-state index in [2.05, 4.69) is 15.0 Å². The number of anilines is 1. The average Bonchev–Trinajstić information content (AvgIpc) is 2.60. The van der Waals surface area contributed by atoms with Crippen LogP contribution in [0.25, 0.3) is 11.3 Å². The van der Waals surface area contributed by atoms with Crippen LogP contribution in [0.2, 0.25) is 0 Å². The van der Waals surface area contributed by atoms with E-state index < -0.39 is 6.36 Å². The second-order valence-corrected chi connectivity index (χ2v) is 6.31. The highest BCUT2D eigenvalue weighted by Gasteiger charge is 2.31. The minimum atomic E-state index is -4.74. The molecule has 0 saturated carbocycles. The standard InChI is InChI=1S/C21H17F3N2O2/c1-13-10-14(2)12-16(11-13)25-20(27)19-5-3-4-18(26-19)15-6-8-17(9-7-15)28-21(22,23)24/h3-12H,1-2H3,(H,25,27). The average molecular weight is 386 g/mol. The Balaban J connectivity index is 1.79. The fraction of sp³-hybridized carbons (Fsp3) is 0.143. The molecule has 0 aliphatic carbocycles. The van der Waals surface area contributed by atoms with Gasteiger partial charge in [0.25, 0.3) is 5.91 Å². The summed E-state index contributed by atoms with van der Waals surface area (Å²) in [7, 11) is 0. The lowest BCUT2D eigenvalue weighted by Gasteiger charge is -2.10. The molecule has 144 valence electrons. The van der Waals surface area contributed by atoms with E-state index in [4.69, 9.17) is 0 Å². The highest BCUT2D eigenvalue weighted by atomic mass is 19.4. The van der Waals surface area contributed by atoms with Crippen LogP contribution < -0.4 is 10.1 Å². The van der Waals surface area contributed by atoms with E-state index in [1.54, 1.807) is 18.2 Å². The number of hydrogen-bond acceptors (Lipinski definition) is 3. The largest absolute Gasteiger partial charge is 0.573 e. The van der Waals surface area contributed by atoms with E-state index in [0.29, 0.717) is 16.9 Å². The third-order valence-electron chi connectivity index (χ3n) is 3.84. The number of amides is 1. The zero-order valence-electron chi connectivity index (χ0n) is 15.2. The number of nitrogens with zero attached hydrogens (tertiary/aromatic N) is 1. The van der Waals surface area contributed by atoms with Crippen LogP contribution >= 0.6 is 0 Å². The smallest absolute Gasteiger partial charge is 0.406 e. The van der Waals surface area contributed by atoms with Crippen molar-refractivity contribution < 1.29 is 22.7 Å². The van der Waals surface area contributed by atoms with Gasteiger partial charge in [-0.1, -0.05) is 12.1 Å². The van der Waals surface area contributed by atoms with Crippen LogP contribution in [0.5, 0.6) is 5.75 Å². The summed E-state index contributed by atoms with van der Waals surface area (Å²) in [6.45, 7) is 3.88. The number of halogens is 3. The molecule has 4 nitrogen and oxygen atoms in total. The molecular formula is C21H17F3N2O2. The van der Waals surface area contributed by atoms with E-state index in [1.165, 1.54) is 24.3 Å². The molecule has 0 radical (unpaired) electrons. The van der Waals surface area contributed by atoms with E-state index in [9.17, 15) is 18.0 Å². The predicted molar refractivity (Wildman–Crippen MR) is 100 cm³/mol. The number of aromatic nitrogens is 1. The first-order valence-electron chi connectivity index (χ1n) is 8.42. The van der Waals surface area contributed by atoms with Gasteiger partial charge >= 0.3 is 6.36 Å². The quantitative estimate of drug-likeness (QED) is 0.643. The fourth-order valence-electron chi connectivity index (χ4n) is 2.79. The van der Waals surface area contributed by atoms with Gasteiger partial charge in [0.15, 0.2) is 0 Å². The predicted octanol–water partition coefficient (Wildman–Crippen LogP) is 5.52. The molecule has 0 atom stereocenters. The lowest BCUT2D eigenvalue weighted by molar-refractivity contribution is -0.274. The number of carbonyl (C=O) groups is 1. The Morgan fingerprint density at radius 3 is 2.21 bits per heavy atom. The van der Waals surface area contributed by atoms with Gasteiger partial charge in [-0.25, -0.2) is 4.98 Å². The Morgan fingerprint density at radius 1 is 0.964 bits per heavy atom. The Labute approximate surface area is 160 Å². The molecule has 0 spiro atoms. The molecule has 3 aromatic rings. The summed E-state index contributed by atoms with van der Waals surface area (Å²) in [5, 5.41) is 2.81. The van der Waals surface area contributed by atoms with Crippen LogP contribution in [0.1, 0.15) is 21.6 Å². The lowest BCUT2D eigenvalue weighted by atomic mass is 10.1. The number of hydrogen-bond donors (Lipinski definition) is 1. The maximum absolute atomic E-state index is 12.5. The SMILES string of the molecule is Cc1cc(C)cc(NC(=O)c2cccc(-c3ccc(OC(F)(F)F)cc3)n2)c1. The van der Waals surface area contributed by atoms with Gasteiger partial charge in [0, 0.05) is 11.3 Å². The summed E-state index contributed by atoms with van der Waals surface area (Å²) in [6.07, 6.45) is -4.74. The third-order valence-corrected chi connectivity index (χ3v) is 3.84. The van der Waals surface area contributed by atoms with Crippen molar-refractivity contribution in [2.24, 2.45) is 0 Å². The molecule has 1 heterocycles. The van der Waals surface area contributed by atoms with Crippen molar-refractivity contribution in [1.29, 1.82) is 0 Å². The topological polar surface area (TPSA) is 51.2 Å². The van der Waals surface area contributed by atoms with Crippen LogP contribution in [-0.2, 0) is 0 Å². The Bertz CT molecular complexity index is 979. The molecule has 0 unspecified atom stereocenters. The summed E-state index contributed by atoms with van der Waals surface area (Å²) >= 11 is 0. The van der Waals surface area contributed by atoms with E-state index in [1.807, 2.05) is 32.0 Å². The number of nitrogens with one attached hydrogen (secondary N) is 1. The minimum Gasteiger partial charge on any atom is -0.406 e. The van der Waals surface area contributed by atoms with Gasteiger partial charge in [0.05, 0.1) is 5.69 Å². The molecule has 28 heavy (non-hydrogen) atoms. The molecule has 0 saturated heterocycles. The van der Waals surface area contributed by atoms with Gasteiger partial charge in [0.2, 0.25) is 0 Å². The van der Waals surface area contributed by atoms with E-state index >= 15 is 0 Å². The highest BCUT2D eigenvalue weighted by molar-refractivity contribution is 6.03. The Kier molecular flexibility index (Phi) is 5.35. The second-order valence-electron chi connectivity index (χ2n) is 6.31. The van der Waals surface area contributed by atoms with E-state index in [-0.39, 0.29) is 17.4 Å². The van der Waals surface area contributed by atoms with Crippen LogP contribution in [0.4, 0.5) is 18.9 Å². The molecular weight excluding hydrogens is 369 g/mol. The first-order valence-corrected chi connectivity index (χ1v) is 8.42. The highest BCUT2D eigenvalue weighted by Crippen LogP contribution is 2.26. The van der Waals surface area contributed by atoms with Gasteiger partial charge in [-0.2, -0.15) is 0 Å². The molecule has 0 aliphatic heterocycles. The molecule has 7 heteroatoms.